The van der Waals surface area contributed by atoms with Crippen LogP contribution in [-0.4, -0.2) is 0 Å². The Balaban J connectivity index is -0.0000000350. The summed E-state index contributed by atoms with van der Waals surface area (Å²) in [7, 11) is -5.39. The number of rotatable bonds is 0. The van der Waals surface area contributed by atoms with Crippen LogP contribution in [0.4, 0.5) is 0 Å². The number of hydrogen-bond acceptors (Lipinski definition) is 4. The minimum atomic E-state index is -5.39. The second-order valence-corrected chi connectivity index (χ2v) is 1.34. The van der Waals surface area contributed by atoms with Crippen LogP contribution in [-0.2, 0) is 82.9 Å². The summed E-state index contributed by atoms with van der Waals surface area (Å²) in [5.41, 5.74) is 0. The molecule has 56 valence electrons. The van der Waals surface area contributed by atoms with Gasteiger partial charge in [-0.25, -0.2) is 0 Å². The molecule has 0 radical (unpaired) electrons. The van der Waals surface area contributed by atoms with Crippen molar-refractivity contribution in [3.63, 3.8) is 0 Å². The van der Waals surface area contributed by atoms with Gasteiger partial charge in [-0.05, 0) is 0 Å². The summed E-state index contributed by atoms with van der Waals surface area (Å²) in [4.78, 5) is 25.6. The molecule has 0 saturated carbocycles. The van der Waals surface area contributed by atoms with Gasteiger partial charge in [-0.2, -0.15) is 7.82 Å². The van der Waals surface area contributed by atoms with Crippen LogP contribution in [0.2, 0.25) is 13.3 Å². The van der Waals surface area contributed by atoms with Crippen LogP contribution >= 0.6 is 7.82 Å². The van der Waals surface area contributed by atoms with Crippen LogP contribution in [0.1, 0.15) is 0 Å². The van der Waals surface area contributed by atoms with E-state index in [4.69, 9.17) is 19.2 Å². The molecule has 0 rings (SSSR count). The van der Waals surface area contributed by atoms with Crippen molar-refractivity contribution in [3.8, 4) is 0 Å². The quantitative estimate of drug-likeness (QED) is 0.234. The normalized spacial score (nSPS) is 7.27. The third-order valence-corrected chi connectivity index (χ3v) is 0. The molecule has 0 bridgehead atoms. The summed E-state index contributed by atoms with van der Waals surface area (Å²) in [6, 6.07) is 0. The Morgan fingerprint density at radius 2 is 0.818 bits per heavy atom. The fourth-order valence-corrected chi connectivity index (χ4v) is 0. The van der Waals surface area contributed by atoms with Crippen molar-refractivity contribution >= 4 is 7.82 Å². The predicted molar refractivity (Wildman–Crippen MR) is 25.2 cm³/mol. The van der Waals surface area contributed by atoms with E-state index in [1.165, 1.54) is 0 Å². The van der Waals surface area contributed by atoms with Crippen LogP contribution in [0.3, 0.4) is 0 Å². The van der Waals surface area contributed by atoms with Crippen molar-refractivity contribution < 1.29 is 97.6 Å². The second-order valence-electron chi connectivity index (χ2n) is 0.447. The molecule has 0 aliphatic carbocycles. The van der Waals surface area contributed by atoms with E-state index in [9.17, 15) is 0 Å². The fraction of sp³-hybridized carbons (Fsp3) is 1.00. The van der Waals surface area contributed by atoms with Crippen molar-refractivity contribution in [2.24, 2.45) is 0 Å². The molecule has 0 aliphatic heterocycles. The van der Waals surface area contributed by atoms with Crippen molar-refractivity contribution in [3.05, 3.63) is 0 Å². The maximum atomic E-state index is 8.55. The second kappa shape index (κ2) is 23.1. The average Bonchev–Trinajstić information content (AvgIpc) is 1.96. The molecule has 11 heavy (non-hydrogen) atoms. The molecule has 0 fully saturated rings. The molecule has 8 heteroatoms. The summed E-state index contributed by atoms with van der Waals surface area (Å²) >= 11 is 3.08. The topological polar surface area (TPSA) is 86.2 Å². The third-order valence-electron chi connectivity index (χ3n) is 0. The van der Waals surface area contributed by atoms with Gasteiger partial charge in [0, 0.05) is 0 Å². The SMILES string of the molecule is O=P([O-])([O-])[O-].[CH3][Hg+].[CH3][Hg+].[CH3][Hg+]. The van der Waals surface area contributed by atoms with Crippen LogP contribution in [0.15, 0.2) is 0 Å². The standard InChI is InChI=1S/3CH3.3Hg.H3O4P/c;;;;;;1-5(2,3)4/h3*1H3;;;;(H3,1,2,3,4)/q;;;3*+1;/p-3. The molecular weight excluding hydrogens is 733 g/mol. The molecule has 0 N–H and O–H groups in total. The maximum absolute atomic E-state index is 8.55. The van der Waals surface area contributed by atoms with E-state index in [-0.39, 0.29) is 0 Å². The van der Waals surface area contributed by atoms with Gasteiger partial charge >= 0.3 is 91.7 Å². The molecule has 0 spiro atoms. The first kappa shape index (κ1) is 23.6. The van der Waals surface area contributed by atoms with Gasteiger partial charge in [-0.15, -0.1) is 0 Å². The molecule has 0 aromatic rings. The van der Waals surface area contributed by atoms with Crippen molar-refractivity contribution in [1.82, 2.24) is 0 Å². The van der Waals surface area contributed by atoms with Gasteiger partial charge in [0.2, 0.25) is 0 Å². The number of phosphoric acid groups is 1. The van der Waals surface area contributed by atoms with Crippen LogP contribution in [0, 0.1) is 0 Å². The van der Waals surface area contributed by atoms with Gasteiger partial charge in [0.15, 0.2) is 0 Å². The minimum absolute atomic E-state index is 1.03. The average molecular weight is 742 g/mol. The summed E-state index contributed by atoms with van der Waals surface area (Å²) in [5, 5.41) is 0. The first-order valence-electron chi connectivity index (χ1n) is 2.85. The molecule has 0 unspecified atom stereocenters. The Bertz CT molecular complexity index is 66.7. The zero-order chi connectivity index (χ0) is 10.5. The molecule has 0 saturated heterocycles. The molecule has 0 aliphatic rings. The van der Waals surface area contributed by atoms with Gasteiger partial charge < -0.3 is 19.2 Å². The third kappa shape index (κ3) is 181. The molecule has 0 heterocycles. The van der Waals surface area contributed by atoms with E-state index < -0.39 is 7.82 Å². The van der Waals surface area contributed by atoms with Crippen LogP contribution in [0.5, 0.6) is 0 Å². The van der Waals surface area contributed by atoms with Gasteiger partial charge in [0.1, 0.15) is 0 Å². The summed E-state index contributed by atoms with van der Waals surface area (Å²) in [6.45, 7) is 0. The Morgan fingerprint density at radius 3 is 0.818 bits per heavy atom. The summed E-state index contributed by atoms with van der Waals surface area (Å²) in [5.74, 6) is 0. The Kier molecular flexibility index (Phi) is 49.5. The van der Waals surface area contributed by atoms with Crippen molar-refractivity contribution in [2.75, 3.05) is 0 Å². The zero-order valence-corrected chi connectivity index (χ0v) is 24.6. The Hall–Kier alpha value is 2.92. The Morgan fingerprint density at radius 1 is 0.818 bits per heavy atom. The van der Waals surface area contributed by atoms with E-state index in [2.05, 4.69) is 13.3 Å². The summed E-state index contributed by atoms with van der Waals surface area (Å²) < 4.78 is 15.1. The zero-order valence-electron chi connectivity index (χ0n) is 7.20. The molecule has 0 aromatic carbocycles. The molecule has 0 atom stereocenters. The molecule has 0 amide bonds. The van der Waals surface area contributed by atoms with Crippen molar-refractivity contribution in [2.45, 2.75) is 13.3 Å². The predicted octanol–water partition coefficient (Wildman–Crippen LogP) is -1.08. The van der Waals surface area contributed by atoms with Gasteiger partial charge in [0.05, 0.1) is 0 Å². The molecule has 0 aromatic heterocycles. The first-order valence-corrected chi connectivity index (χ1v) is 20.8. The van der Waals surface area contributed by atoms with E-state index in [0.717, 1.165) is 78.4 Å². The van der Waals surface area contributed by atoms with Crippen LogP contribution < -0.4 is 14.7 Å². The summed E-state index contributed by atoms with van der Waals surface area (Å²) in [6.07, 6.45) is 0. The Labute approximate surface area is 117 Å². The van der Waals surface area contributed by atoms with E-state index >= 15 is 0 Å². The molecule has 4 nitrogen and oxygen atoms in total. The van der Waals surface area contributed by atoms with Gasteiger partial charge in [-0.1, -0.05) is 0 Å². The van der Waals surface area contributed by atoms with E-state index in [1.54, 1.807) is 0 Å². The number of hydrogen-bond donors (Lipinski definition) is 0. The van der Waals surface area contributed by atoms with E-state index in [1.807, 2.05) is 0 Å². The monoisotopic (exact) mass is 746 g/mol. The van der Waals surface area contributed by atoms with E-state index in [0.29, 0.717) is 0 Å². The van der Waals surface area contributed by atoms with Gasteiger partial charge in [0.25, 0.3) is 0 Å². The first-order chi connectivity index (χ1) is 5.00. The molecular formula is C3H9Hg3O4P. The fourth-order valence-electron chi connectivity index (χ4n) is 0. The van der Waals surface area contributed by atoms with Crippen LogP contribution in [0.25, 0.3) is 0 Å². The van der Waals surface area contributed by atoms with Gasteiger partial charge in [-0.3, -0.25) is 0 Å². The van der Waals surface area contributed by atoms with Crippen molar-refractivity contribution in [1.29, 1.82) is 0 Å².